The first-order valence-electron chi connectivity index (χ1n) is 7.39. The van der Waals surface area contributed by atoms with Crippen LogP contribution in [-0.2, 0) is 20.9 Å². The summed E-state index contributed by atoms with van der Waals surface area (Å²) in [5, 5.41) is 2.93. The molecule has 0 saturated carbocycles. The molecule has 1 aromatic rings. The molecule has 0 radical (unpaired) electrons. The first-order chi connectivity index (χ1) is 10.1. The molecule has 3 N–H and O–H groups in total. The minimum atomic E-state index is -0.800. The van der Waals surface area contributed by atoms with Crippen molar-refractivity contribution in [2.24, 2.45) is 5.73 Å². The molecule has 0 aliphatic carbocycles. The van der Waals surface area contributed by atoms with Crippen molar-refractivity contribution in [2.45, 2.75) is 38.0 Å². The summed E-state index contributed by atoms with van der Waals surface area (Å²) in [6.45, 7) is 4.02. The summed E-state index contributed by atoms with van der Waals surface area (Å²) in [5.41, 5.74) is 6.46. The van der Waals surface area contributed by atoms with E-state index in [9.17, 15) is 4.79 Å². The third-order valence-corrected chi connectivity index (χ3v) is 3.69. The topological polar surface area (TPSA) is 73.6 Å². The second kappa shape index (κ2) is 7.54. The summed E-state index contributed by atoms with van der Waals surface area (Å²) in [5.74, 6) is -0.110. The molecule has 0 aromatic heterocycles. The summed E-state index contributed by atoms with van der Waals surface area (Å²) < 4.78 is 10.9. The molecule has 1 unspecified atom stereocenters. The molecule has 0 spiro atoms. The molecule has 116 valence electrons. The van der Waals surface area contributed by atoms with Gasteiger partial charge in [0.05, 0.1) is 18.8 Å². The van der Waals surface area contributed by atoms with Gasteiger partial charge in [-0.3, -0.25) is 4.79 Å². The van der Waals surface area contributed by atoms with Gasteiger partial charge in [-0.05, 0) is 25.3 Å². The highest BCUT2D eigenvalue weighted by molar-refractivity contribution is 5.86. The van der Waals surface area contributed by atoms with Crippen LogP contribution >= 0.6 is 0 Å². The van der Waals surface area contributed by atoms with Gasteiger partial charge in [0.1, 0.15) is 0 Å². The fourth-order valence-electron chi connectivity index (χ4n) is 2.30. The number of carbonyl (C=O) groups excluding carboxylic acids is 1. The zero-order valence-electron chi connectivity index (χ0n) is 12.5. The van der Waals surface area contributed by atoms with E-state index in [0.717, 1.165) is 5.56 Å². The maximum atomic E-state index is 12.2. The van der Waals surface area contributed by atoms with E-state index < -0.39 is 5.54 Å². The van der Waals surface area contributed by atoms with Crippen molar-refractivity contribution in [3.05, 3.63) is 35.9 Å². The lowest BCUT2D eigenvalue weighted by Gasteiger charge is -2.32. The number of amides is 1. The molecule has 1 saturated heterocycles. The number of nitrogens with two attached hydrogens (primary N) is 1. The maximum absolute atomic E-state index is 12.2. The van der Waals surface area contributed by atoms with Crippen LogP contribution in [0.1, 0.15) is 25.3 Å². The van der Waals surface area contributed by atoms with Crippen LogP contribution in [0.5, 0.6) is 0 Å². The van der Waals surface area contributed by atoms with Crippen molar-refractivity contribution in [1.82, 2.24) is 5.32 Å². The average molecular weight is 292 g/mol. The third kappa shape index (κ3) is 4.81. The van der Waals surface area contributed by atoms with Crippen LogP contribution in [0.2, 0.25) is 0 Å². The Balaban J connectivity index is 1.71. The highest BCUT2D eigenvalue weighted by Gasteiger charge is 2.36. The van der Waals surface area contributed by atoms with Gasteiger partial charge in [0, 0.05) is 19.3 Å². The number of carbonyl (C=O) groups is 1. The lowest BCUT2D eigenvalue weighted by molar-refractivity contribution is -0.130. The smallest absolute Gasteiger partial charge is 0.240 e. The Morgan fingerprint density at radius 2 is 2.05 bits per heavy atom. The second-order valence-electron chi connectivity index (χ2n) is 5.64. The number of nitrogens with one attached hydrogen (secondary N) is 1. The zero-order valence-corrected chi connectivity index (χ0v) is 12.5. The first kappa shape index (κ1) is 15.9. The highest BCUT2D eigenvalue weighted by Crippen LogP contribution is 2.17. The Labute approximate surface area is 125 Å². The van der Waals surface area contributed by atoms with Crippen LogP contribution in [0.15, 0.2) is 30.3 Å². The van der Waals surface area contributed by atoms with Crippen LogP contribution in [-0.4, -0.2) is 37.3 Å². The predicted molar refractivity (Wildman–Crippen MR) is 80.7 cm³/mol. The minimum absolute atomic E-state index is 0.0653. The maximum Gasteiger partial charge on any atom is 0.240 e. The molecular weight excluding hydrogens is 268 g/mol. The van der Waals surface area contributed by atoms with Crippen LogP contribution in [0.4, 0.5) is 0 Å². The fraction of sp³-hybridized carbons (Fsp3) is 0.562. The van der Waals surface area contributed by atoms with Gasteiger partial charge in [0.25, 0.3) is 0 Å². The zero-order chi connectivity index (χ0) is 15.1. The van der Waals surface area contributed by atoms with Crippen LogP contribution < -0.4 is 11.1 Å². The van der Waals surface area contributed by atoms with Gasteiger partial charge in [-0.2, -0.15) is 0 Å². The van der Waals surface area contributed by atoms with Crippen molar-refractivity contribution in [1.29, 1.82) is 0 Å². The molecule has 1 atom stereocenters. The van der Waals surface area contributed by atoms with Gasteiger partial charge in [0.2, 0.25) is 5.91 Å². The standard InChI is InChI=1S/C16H24N2O3/c1-13(11-21-12-14-5-3-2-4-6-14)18-15(19)16(17)7-9-20-10-8-16/h2-6,13H,7-12,17H2,1H3,(H,18,19). The fourth-order valence-corrected chi connectivity index (χ4v) is 2.30. The summed E-state index contributed by atoms with van der Waals surface area (Å²) >= 11 is 0. The van der Waals surface area contributed by atoms with E-state index >= 15 is 0 Å². The number of hydrogen-bond acceptors (Lipinski definition) is 4. The predicted octanol–water partition coefficient (Wildman–Crippen LogP) is 1.22. The summed E-state index contributed by atoms with van der Waals surface area (Å²) in [7, 11) is 0. The monoisotopic (exact) mass is 292 g/mol. The van der Waals surface area contributed by atoms with Gasteiger partial charge in [0.15, 0.2) is 0 Å². The second-order valence-corrected chi connectivity index (χ2v) is 5.64. The van der Waals surface area contributed by atoms with E-state index in [-0.39, 0.29) is 11.9 Å². The molecule has 0 bridgehead atoms. The molecule has 2 rings (SSSR count). The Morgan fingerprint density at radius 1 is 1.38 bits per heavy atom. The minimum Gasteiger partial charge on any atom is -0.381 e. The molecular formula is C16H24N2O3. The lowest BCUT2D eigenvalue weighted by Crippen LogP contribution is -2.58. The van der Waals surface area contributed by atoms with Crippen molar-refractivity contribution in [2.75, 3.05) is 19.8 Å². The summed E-state index contributed by atoms with van der Waals surface area (Å²) in [6, 6.07) is 9.89. The van der Waals surface area contributed by atoms with E-state index in [1.165, 1.54) is 0 Å². The molecule has 1 fully saturated rings. The van der Waals surface area contributed by atoms with E-state index in [2.05, 4.69) is 5.32 Å². The van der Waals surface area contributed by atoms with Gasteiger partial charge >= 0.3 is 0 Å². The van der Waals surface area contributed by atoms with Gasteiger partial charge in [-0.15, -0.1) is 0 Å². The Bertz CT molecular complexity index is 444. The molecule has 1 aromatic carbocycles. The Hall–Kier alpha value is -1.43. The van der Waals surface area contributed by atoms with E-state index in [1.807, 2.05) is 37.3 Å². The molecule has 1 amide bonds. The quantitative estimate of drug-likeness (QED) is 0.826. The average Bonchev–Trinajstić information content (AvgIpc) is 2.49. The van der Waals surface area contributed by atoms with Gasteiger partial charge in [-0.1, -0.05) is 30.3 Å². The summed E-state index contributed by atoms with van der Waals surface area (Å²) in [6.07, 6.45) is 1.13. The van der Waals surface area contributed by atoms with Crippen LogP contribution in [0.25, 0.3) is 0 Å². The van der Waals surface area contributed by atoms with Crippen molar-refractivity contribution in [3.8, 4) is 0 Å². The van der Waals surface area contributed by atoms with E-state index in [1.54, 1.807) is 0 Å². The summed E-state index contributed by atoms with van der Waals surface area (Å²) in [4.78, 5) is 12.2. The first-order valence-corrected chi connectivity index (χ1v) is 7.39. The molecule has 1 heterocycles. The third-order valence-electron chi connectivity index (χ3n) is 3.69. The molecule has 1 aliphatic heterocycles. The van der Waals surface area contributed by atoms with Gasteiger partial charge < -0.3 is 20.5 Å². The Morgan fingerprint density at radius 3 is 2.71 bits per heavy atom. The van der Waals surface area contributed by atoms with Crippen molar-refractivity contribution < 1.29 is 14.3 Å². The van der Waals surface area contributed by atoms with Crippen LogP contribution in [0, 0.1) is 0 Å². The highest BCUT2D eigenvalue weighted by atomic mass is 16.5. The Kier molecular flexibility index (Phi) is 5.73. The molecule has 1 aliphatic rings. The molecule has 5 nitrogen and oxygen atoms in total. The number of ether oxygens (including phenoxy) is 2. The number of hydrogen-bond donors (Lipinski definition) is 2. The largest absolute Gasteiger partial charge is 0.381 e. The number of benzene rings is 1. The SMILES string of the molecule is CC(COCc1ccccc1)NC(=O)C1(N)CCOCC1. The normalized spacial score (nSPS) is 19.0. The molecule has 21 heavy (non-hydrogen) atoms. The van der Waals surface area contributed by atoms with Crippen LogP contribution in [0.3, 0.4) is 0 Å². The molecule has 5 heteroatoms. The van der Waals surface area contributed by atoms with E-state index in [4.69, 9.17) is 15.2 Å². The van der Waals surface area contributed by atoms with E-state index in [0.29, 0.717) is 39.3 Å². The lowest BCUT2D eigenvalue weighted by atomic mass is 9.90. The number of rotatable bonds is 6. The van der Waals surface area contributed by atoms with Gasteiger partial charge in [-0.25, -0.2) is 0 Å². The van der Waals surface area contributed by atoms with Crippen molar-refractivity contribution in [3.63, 3.8) is 0 Å². The van der Waals surface area contributed by atoms with Crippen molar-refractivity contribution >= 4 is 5.91 Å².